The Morgan fingerprint density at radius 3 is 2.89 bits per heavy atom. The number of allylic oxidation sites excluding steroid dienone is 4. The van der Waals surface area contributed by atoms with Gasteiger partial charge in [-0.1, -0.05) is 23.8 Å². The maximum Gasteiger partial charge on any atom is 0.136 e. The second-order valence-electron chi connectivity index (χ2n) is 6.77. The van der Waals surface area contributed by atoms with Crippen LogP contribution in [0.5, 0.6) is 0 Å². The molecule has 0 radical (unpaired) electrons. The average molecular weight is 242 g/mol. The van der Waals surface area contributed by atoms with Crippen molar-refractivity contribution in [3.63, 3.8) is 0 Å². The molecule has 0 N–H and O–H groups in total. The molecule has 5 atom stereocenters. The molecule has 0 aromatic carbocycles. The van der Waals surface area contributed by atoms with Crippen LogP contribution in [-0.2, 0) is 4.79 Å². The van der Waals surface area contributed by atoms with Gasteiger partial charge in [0.1, 0.15) is 5.78 Å². The molecule has 0 heterocycles. The largest absolute Gasteiger partial charge is 0.299 e. The van der Waals surface area contributed by atoms with Gasteiger partial charge in [-0.15, -0.1) is 0 Å². The summed E-state index contributed by atoms with van der Waals surface area (Å²) in [6.07, 6.45) is 15.5. The maximum absolute atomic E-state index is 11.6. The normalized spacial score (nSPS) is 46.1. The smallest absolute Gasteiger partial charge is 0.136 e. The topological polar surface area (TPSA) is 17.1 Å². The van der Waals surface area contributed by atoms with Crippen molar-refractivity contribution >= 4 is 5.78 Å². The monoisotopic (exact) mass is 242 g/mol. The fourth-order valence-corrected chi connectivity index (χ4v) is 5.25. The van der Waals surface area contributed by atoms with Crippen molar-refractivity contribution in [3.05, 3.63) is 23.8 Å². The van der Waals surface area contributed by atoms with Crippen LogP contribution >= 0.6 is 0 Å². The number of rotatable bonds is 0. The van der Waals surface area contributed by atoms with E-state index in [0.717, 1.165) is 48.9 Å². The van der Waals surface area contributed by atoms with Gasteiger partial charge in [-0.2, -0.15) is 0 Å². The number of hydrogen-bond acceptors (Lipinski definition) is 1. The molecule has 1 nitrogen and oxygen atoms in total. The average Bonchev–Trinajstić information content (AvgIpc) is 2.86. The Hall–Kier alpha value is -0.850. The second kappa shape index (κ2) is 4.08. The fraction of sp³-hybridized carbons (Fsp3) is 0.706. The third-order valence-corrected chi connectivity index (χ3v) is 6.06. The molecule has 0 aromatic heterocycles. The van der Waals surface area contributed by atoms with Crippen LogP contribution in [0.3, 0.4) is 0 Å². The molecule has 0 aliphatic heterocycles. The minimum Gasteiger partial charge on any atom is -0.299 e. The lowest BCUT2D eigenvalue weighted by Gasteiger charge is -2.48. The number of carbonyl (C=O) groups is 1. The van der Waals surface area contributed by atoms with Crippen molar-refractivity contribution in [3.8, 4) is 0 Å². The summed E-state index contributed by atoms with van der Waals surface area (Å²) in [4.78, 5) is 11.6. The lowest BCUT2D eigenvalue weighted by molar-refractivity contribution is -0.120. The van der Waals surface area contributed by atoms with E-state index in [1.807, 2.05) is 0 Å². The highest BCUT2D eigenvalue weighted by Crippen LogP contribution is 2.54. The predicted octanol–water partition coefficient (Wildman–Crippen LogP) is 3.90. The summed E-state index contributed by atoms with van der Waals surface area (Å²) in [5, 5.41) is 0. The van der Waals surface area contributed by atoms with Gasteiger partial charge in [0.05, 0.1) is 0 Å². The van der Waals surface area contributed by atoms with E-state index >= 15 is 0 Å². The maximum atomic E-state index is 11.6. The molecule has 1 heteroatoms. The summed E-state index contributed by atoms with van der Waals surface area (Å²) < 4.78 is 0. The van der Waals surface area contributed by atoms with Gasteiger partial charge in [0.15, 0.2) is 0 Å². The predicted molar refractivity (Wildman–Crippen MR) is 72.0 cm³/mol. The fourth-order valence-electron chi connectivity index (χ4n) is 5.25. The molecular formula is C17H22O. The summed E-state index contributed by atoms with van der Waals surface area (Å²) in [6.45, 7) is 0. The first-order valence-corrected chi connectivity index (χ1v) is 7.70. The van der Waals surface area contributed by atoms with Crippen molar-refractivity contribution in [2.75, 3.05) is 0 Å². The molecule has 5 unspecified atom stereocenters. The summed E-state index contributed by atoms with van der Waals surface area (Å²) in [5.74, 6) is 4.88. The number of fused-ring (bicyclic) bond motifs is 5. The molecule has 0 saturated heterocycles. The van der Waals surface area contributed by atoms with Crippen molar-refractivity contribution < 1.29 is 4.79 Å². The highest BCUT2D eigenvalue weighted by molar-refractivity contribution is 5.82. The van der Waals surface area contributed by atoms with Crippen LogP contribution in [0.2, 0.25) is 0 Å². The Morgan fingerprint density at radius 1 is 1.00 bits per heavy atom. The minimum absolute atomic E-state index is 0.479. The molecule has 0 amide bonds. The van der Waals surface area contributed by atoms with Crippen molar-refractivity contribution in [1.29, 1.82) is 0 Å². The van der Waals surface area contributed by atoms with Gasteiger partial charge in [-0.25, -0.2) is 0 Å². The van der Waals surface area contributed by atoms with Crippen LogP contribution in [-0.4, -0.2) is 5.78 Å². The number of Topliss-reactive ketones (excluding diaryl/α,β-unsaturated/α-hetero) is 1. The zero-order chi connectivity index (χ0) is 12.1. The van der Waals surface area contributed by atoms with Crippen LogP contribution in [0.4, 0.5) is 0 Å². The lowest BCUT2D eigenvalue weighted by atomic mass is 9.57. The summed E-state index contributed by atoms with van der Waals surface area (Å²) in [7, 11) is 0. The third-order valence-electron chi connectivity index (χ3n) is 6.06. The highest BCUT2D eigenvalue weighted by Gasteiger charge is 2.45. The molecule has 2 saturated carbocycles. The number of hydrogen-bond donors (Lipinski definition) is 0. The van der Waals surface area contributed by atoms with Gasteiger partial charge in [-0.05, 0) is 61.7 Å². The molecule has 96 valence electrons. The Bertz CT molecular complexity index is 431. The molecular weight excluding hydrogens is 220 g/mol. The van der Waals surface area contributed by atoms with E-state index in [9.17, 15) is 4.79 Å². The van der Waals surface area contributed by atoms with Crippen LogP contribution in [0.25, 0.3) is 0 Å². The van der Waals surface area contributed by atoms with Gasteiger partial charge in [-0.3, -0.25) is 4.79 Å². The second-order valence-corrected chi connectivity index (χ2v) is 6.77. The summed E-state index contributed by atoms with van der Waals surface area (Å²) in [5.41, 5.74) is 1.51. The van der Waals surface area contributed by atoms with Crippen LogP contribution < -0.4 is 0 Å². The van der Waals surface area contributed by atoms with Crippen LogP contribution in [0, 0.1) is 29.6 Å². The Balaban J connectivity index is 1.62. The SMILES string of the molecule is O=C1CCC2C(=CCC3C4CC=CC4CCC23)C1. The van der Waals surface area contributed by atoms with Gasteiger partial charge < -0.3 is 0 Å². The Morgan fingerprint density at radius 2 is 1.94 bits per heavy atom. The van der Waals surface area contributed by atoms with E-state index < -0.39 is 0 Å². The molecule has 4 rings (SSSR count). The minimum atomic E-state index is 0.479. The standard InChI is InChI=1S/C17H22O/c18-13-6-9-15-12(10-13)5-8-16-14-3-1-2-11(14)4-7-17(15)16/h1-2,5,11,14-17H,3-4,6-10H2. The van der Waals surface area contributed by atoms with E-state index in [1.54, 1.807) is 0 Å². The van der Waals surface area contributed by atoms with Crippen LogP contribution in [0.1, 0.15) is 44.9 Å². The van der Waals surface area contributed by atoms with Crippen LogP contribution in [0.15, 0.2) is 23.8 Å². The van der Waals surface area contributed by atoms with Gasteiger partial charge in [0, 0.05) is 12.8 Å². The first-order chi connectivity index (χ1) is 8.83. The van der Waals surface area contributed by atoms with E-state index in [-0.39, 0.29) is 0 Å². The molecule has 0 bridgehead atoms. The van der Waals surface area contributed by atoms with Crippen molar-refractivity contribution in [2.24, 2.45) is 29.6 Å². The molecule has 18 heavy (non-hydrogen) atoms. The number of ketones is 1. The van der Waals surface area contributed by atoms with Gasteiger partial charge >= 0.3 is 0 Å². The zero-order valence-electron chi connectivity index (χ0n) is 11.0. The van der Waals surface area contributed by atoms with E-state index in [2.05, 4.69) is 18.2 Å². The first-order valence-electron chi connectivity index (χ1n) is 7.70. The van der Waals surface area contributed by atoms with E-state index in [1.165, 1.54) is 31.3 Å². The third kappa shape index (κ3) is 1.56. The zero-order valence-corrected chi connectivity index (χ0v) is 11.0. The van der Waals surface area contributed by atoms with Crippen molar-refractivity contribution in [1.82, 2.24) is 0 Å². The number of carbonyl (C=O) groups excluding carboxylic acids is 1. The first kappa shape index (κ1) is 11.0. The molecule has 4 aliphatic carbocycles. The van der Waals surface area contributed by atoms with Gasteiger partial charge in [0.25, 0.3) is 0 Å². The molecule has 0 aromatic rings. The summed E-state index contributed by atoms with van der Waals surface area (Å²) >= 11 is 0. The Kier molecular flexibility index (Phi) is 2.50. The molecule has 4 aliphatic rings. The highest BCUT2D eigenvalue weighted by atomic mass is 16.1. The quantitative estimate of drug-likeness (QED) is 0.589. The van der Waals surface area contributed by atoms with Crippen molar-refractivity contribution in [2.45, 2.75) is 44.9 Å². The Labute approximate surface area is 109 Å². The molecule has 0 spiro atoms. The van der Waals surface area contributed by atoms with E-state index in [0.29, 0.717) is 5.78 Å². The summed E-state index contributed by atoms with van der Waals surface area (Å²) in [6, 6.07) is 0. The molecule has 2 fully saturated rings. The van der Waals surface area contributed by atoms with E-state index in [4.69, 9.17) is 0 Å². The lowest BCUT2D eigenvalue weighted by Crippen LogP contribution is -2.40. The van der Waals surface area contributed by atoms with Gasteiger partial charge in [0.2, 0.25) is 0 Å².